The van der Waals surface area contributed by atoms with Gasteiger partial charge >= 0.3 is 0 Å². The molecule has 1 aliphatic carbocycles. The van der Waals surface area contributed by atoms with Gasteiger partial charge in [0.05, 0.1) is 19.9 Å². The number of methoxy groups -OCH3 is 1. The van der Waals surface area contributed by atoms with Crippen molar-refractivity contribution < 1.29 is 18.7 Å². The van der Waals surface area contributed by atoms with Gasteiger partial charge in [0.2, 0.25) is 5.91 Å². The maximum atomic E-state index is 14.0. The Balaban J connectivity index is 1.52. The highest BCUT2D eigenvalue weighted by molar-refractivity contribution is 5.97. The minimum Gasteiger partial charge on any atom is -0.497 e. The minimum atomic E-state index is -0.854. The molecule has 1 unspecified atom stereocenters. The van der Waals surface area contributed by atoms with Gasteiger partial charge in [0, 0.05) is 11.7 Å². The predicted octanol–water partition coefficient (Wildman–Crippen LogP) is 5.73. The number of carbonyl (C=O) groups is 2. The fourth-order valence-corrected chi connectivity index (χ4v) is 4.92. The zero-order valence-corrected chi connectivity index (χ0v) is 20.9. The molecule has 0 bridgehead atoms. The van der Waals surface area contributed by atoms with Gasteiger partial charge in [-0.1, -0.05) is 55.3 Å². The van der Waals surface area contributed by atoms with E-state index in [4.69, 9.17) is 9.15 Å². The van der Waals surface area contributed by atoms with Gasteiger partial charge in [-0.2, -0.15) is 0 Å². The summed E-state index contributed by atoms with van der Waals surface area (Å²) >= 11 is 0. The molecule has 37 heavy (non-hydrogen) atoms. The van der Waals surface area contributed by atoms with E-state index in [2.05, 4.69) is 10.3 Å². The van der Waals surface area contributed by atoms with Crippen molar-refractivity contribution in [2.45, 2.75) is 44.3 Å². The number of aromatic amines is 1. The van der Waals surface area contributed by atoms with E-state index >= 15 is 0 Å². The Bertz CT molecular complexity index is 1310. The monoisotopic (exact) mass is 497 g/mol. The third-order valence-corrected chi connectivity index (χ3v) is 6.86. The van der Waals surface area contributed by atoms with E-state index in [9.17, 15) is 9.59 Å². The number of amides is 2. The molecule has 0 radical (unpaired) electrons. The highest BCUT2D eigenvalue weighted by atomic mass is 16.5. The number of nitrogens with zero attached hydrogens (tertiary/aromatic N) is 1. The molecule has 2 aromatic heterocycles. The molecule has 2 aromatic carbocycles. The number of nitrogens with one attached hydrogen (secondary N) is 2. The number of furan rings is 1. The van der Waals surface area contributed by atoms with E-state index in [1.54, 1.807) is 30.4 Å². The molecule has 1 aliphatic rings. The topological polar surface area (TPSA) is 87.6 Å². The van der Waals surface area contributed by atoms with Gasteiger partial charge in [0.15, 0.2) is 0 Å². The number of carbonyl (C=O) groups excluding carboxylic acids is 2. The van der Waals surface area contributed by atoms with E-state index in [0.717, 1.165) is 36.9 Å². The van der Waals surface area contributed by atoms with Crippen LogP contribution in [0.5, 0.6) is 5.75 Å². The maximum Gasteiger partial charge on any atom is 0.271 e. The van der Waals surface area contributed by atoms with E-state index < -0.39 is 6.04 Å². The molecule has 1 fully saturated rings. The quantitative estimate of drug-likeness (QED) is 0.309. The van der Waals surface area contributed by atoms with Gasteiger partial charge in [0.1, 0.15) is 23.2 Å². The summed E-state index contributed by atoms with van der Waals surface area (Å²) in [6, 6.07) is 23.6. The van der Waals surface area contributed by atoms with Crippen LogP contribution in [0.3, 0.4) is 0 Å². The van der Waals surface area contributed by atoms with Gasteiger partial charge in [0.25, 0.3) is 5.91 Å². The molecule has 7 heteroatoms. The van der Waals surface area contributed by atoms with Crippen LogP contribution in [0.4, 0.5) is 0 Å². The molecule has 0 aliphatic heterocycles. The molecule has 0 spiro atoms. The van der Waals surface area contributed by atoms with E-state index in [1.807, 2.05) is 66.7 Å². The van der Waals surface area contributed by atoms with Crippen LogP contribution in [0.1, 0.15) is 53.5 Å². The van der Waals surface area contributed by atoms with Crippen LogP contribution in [-0.4, -0.2) is 34.8 Å². The lowest BCUT2D eigenvalue weighted by atomic mass is 10.0. The molecule has 190 valence electrons. The van der Waals surface area contributed by atoms with E-state index in [1.165, 1.54) is 0 Å². The zero-order chi connectivity index (χ0) is 25.6. The summed E-state index contributed by atoms with van der Waals surface area (Å²) in [5.41, 5.74) is 2.91. The average molecular weight is 498 g/mol. The Morgan fingerprint density at radius 1 is 1.00 bits per heavy atom. The van der Waals surface area contributed by atoms with Crippen molar-refractivity contribution in [3.8, 4) is 17.0 Å². The molecule has 7 nitrogen and oxygen atoms in total. The lowest BCUT2D eigenvalue weighted by Crippen LogP contribution is -2.46. The van der Waals surface area contributed by atoms with Crippen molar-refractivity contribution in [1.82, 2.24) is 15.2 Å². The van der Waals surface area contributed by atoms with Crippen molar-refractivity contribution in [1.29, 1.82) is 0 Å². The van der Waals surface area contributed by atoms with Crippen LogP contribution in [-0.2, 0) is 11.3 Å². The summed E-state index contributed by atoms with van der Waals surface area (Å²) in [7, 11) is 1.60. The second kappa shape index (κ2) is 11.2. The number of rotatable bonds is 9. The number of hydrogen-bond donors (Lipinski definition) is 2. The second-order valence-electron chi connectivity index (χ2n) is 9.33. The van der Waals surface area contributed by atoms with Crippen molar-refractivity contribution >= 4 is 11.8 Å². The Morgan fingerprint density at radius 2 is 1.76 bits per heavy atom. The maximum absolute atomic E-state index is 14.0. The van der Waals surface area contributed by atoms with Gasteiger partial charge in [-0.05, 0) is 60.4 Å². The SMILES string of the molecule is COc1ccc(C(C(=O)NC2CCCC2)N(Cc2ccco2)C(=O)c2ccc(-c3ccccc3)[nH]2)cc1. The normalized spacial score (nSPS) is 14.3. The number of H-pyrrole nitrogens is 1. The summed E-state index contributed by atoms with van der Waals surface area (Å²) in [5, 5.41) is 3.20. The summed E-state index contributed by atoms with van der Waals surface area (Å²) in [5.74, 6) is 0.780. The number of hydrogen-bond acceptors (Lipinski definition) is 4. The largest absolute Gasteiger partial charge is 0.497 e. The first kappa shape index (κ1) is 24.4. The Hall–Kier alpha value is -4.26. The first-order valence-electron chi connectivity index (χ1n) is 12.6. The third-order valence-electron chi connectivity index (χ3n) is 6.86. The Labute approximate surface area is 216 Å². The number of ether oxygens (including phenoxy) is 1. The van der Waals surface area contributed by atoms with Crippen LogP contribution in [0.2, 0.25) is 0 Å². The van der Waals surface area contributed by atoms with Crippen LogP contribution in [0, 0.1) is 0 Å². The summed E-state index contributed by atoms with van der Waals surface area (Å²) < 4.78 is 10.9. The van der Waals surface area contributed by atoms with Gasteiger partial charge in [-0.15, -0.1) is 0 Å². The minimum absolute atomic E-state index is 0.115. The smallest absolute Gasteiger partial charge is 0.271 e. The first-order chi connectivity index (χ1) is 18.1. The molecule has 1 saturated carbocycles. The molecule has 5 rings (SSSR count). The van der Waals surface area contributed by atoms with Crippen LogP contribution in [0.25, 0.3) is 11.3 Å². The average Bonchev–Trinajstić information content (AvgIpc) is 3.72. The van der Waals surface area contributed by atoms with Crippen molar-refractivity contribution in [2.75, 3.05) is 7.11 Å². The Morgan fingerprint density at radius 3 is 2.43 bits per heavy atom. The summed E-state index contributed by atoms with van der Waals surface area (Å²) in [6.45, 7) is 0.139. The Kier molecular flexibility index (Phi) is 7.40. The molecule has 4 aromatic rings. The molecule has 0 saturated heterocycles. The summed E-state index contributed by atoms with van der Waals surface area (Å²) in [4.78, 5) is 32.7. The van der Waals surface area contributed by atoms with Crippen LogP contribution in [0.15, 0.2) is 89.5 Å². The fraction of sp³-hybridized carbons (Fsp3) is 0.267. The zero-order valence-electron chi connectivity index (χ0n) is 20.9. The highest BCUT2D eigenvalue weighted by Gasteiger charge is 2.35. The van der Waals surface area contributed by atoms with Crippen molar-refractivity contribution in [2.24, 2.45) is 0 Å². The molecular formula is C30H31N3O4. The van der Waals surface area contributed by atoms with Gasteiger partial charge in [-0.25, -0.2) is 0 Å². The number of benzene rings is 2. The van der Waals surface area contributed by atoms with Crippen LogP contribution < -0.4 is 10.1 Å². The van der Waals surface area contributed by atoms with Crippen molar-refractivity contribution in [3.05, 3.63) is 102 Å². The van der Waals surface area contributed by atoms with Crippen LogP contribution >= 0.6 is 0 Å². The standard InChI is InChI=1S/C30H31N3O4/c1-36-24-15-13-22(14-16-24)28(29(34)31-23-10-5-6-11-23)33(20-25-12-7-19-37-25)30(35)27-18-17-26(32-27)21-8-3-2-4-9-21/h2-4,7-9,12-19,23,28,32H,5-6,10-11,20H2,1H3,(H,31,34). The lowest BCUT2D eigenvalue weighted by Gasteiger charge is -2.31. The van der Waals surface area contributed by atoms with E-state index in [0.29, 0.717) is 22.8 Å². The fourth-order valence-electron chi connectivity index (χ4n) is 4.92. The lowest BCUT2D eigenvalue weighted by molar-refractivity contribution is -0.126. The van der Waals surface area contributed by atoms with Crippen molar-refractivity contribution in [3.63, 3.8) is 0 Å². The number of aromatic nitrogens is 1. The third kappa shape index (κ3) is 5.61. The molecule has 2 heterocycles. The summed E-state index contributed by atoms with van der Waals surface area (Å²) in [6.07, 6.45) is 5.66. The molecular weight excluding hydrogens is 466 g/mol. The van der Waals surface area contributed by atoms with E-state index in [-0.39, 0.29) is 24.4 Å². The van der Waals surface area contributed by atoms with Gasteiger partial charge in [-0.3, -0.25) is 9.59 Å². The first-order valence-corrected chi connectivity index (χ1v) is 12.6. The molecule has 1 atom stereocenters. The molecule has 2 amide bonds. The second-order valence-corrected chi connectivity index (χ2v) is 9.33. The predicted molar refractivity (Wildman–Crippen MR) is 141 cm³/mol. The van der Waals surface area contributed by atoms with Gasteiger partial charge < -0.3 is 24.4 Å². The molecule has 2 N–H and O–H groups in total. The highest BCUT2D eigenvalue weighted by Crippen LogP contribution is 2.29.